The molecule has 0 spiro atoms. The number of nitro benzene ring substituents is 1. The van der Waals surface area contributed by atoms with Gasteiger partial charge in [-0.25, -0.2) is 0 Å². The first kappa shape index (κ1) is 8.90. The normalized spacial score (nSPS) is 9.33. The summed E-state index contributed by atoms with van der Waals surface area (Å²) in [5.74, 6) is 0. The number of rotatable bonds is 2. The molecule has 1 N–H and O–H groups in total. The standard InChI is InChI=1S/C7H5NO3Se/c9-7(12)5-3-1-2-4-6(5)8(10)11/h1-4H,(H,9,12). The van der Waals surface area contributed by atoms with Crippen LogP contribution in [0.3, 0.4) is 0 Å². The van der Waals surface area contributed by atoms with Crippen LogP contribution in [0.4, 0.5) is 5.69 Å². The predicted molar refractivity (Wildman–Crippen MR) is 44.9 cm³/mol. The molecule has 12 heavy (non-hydrogen) atoms. The van der Waals surface area contributed by atoms with Crippen molar-refractivity contribution in [1.82, 2.24) is 0 Å². The van der Waals surface area contributed by atoms with Gasteiger partial charge < -0.3 is 0 Å². The molecule has 0 bridgehead atoms. The predicted octanol–water partition coefficient (Wildman–Crippen LogP) is 0.614. The Morgan fingerprint density at radius 2 is 2.08 bits per heavy atom. The van der Waals surface area contributed by atoms with Crippen LogP contribution >= 0.6 is 0 Å². The van der Waals surface area contributed by atoms with Gasteiger partial charge in [0.25, 0.3) is 0 Å². The third-order valence-corrected chi connectivity index (χ3v) is 1.79. The van der Waals surface area contributed by atoms with Gasteiger partial charge in [0, 0.05) is 0 Å². The van der Waals surface area contributed by atoms with E-state index in [1.54, 1.807) is 12.1 Å². The Labute approximate surface area is 76.3 Å². The van der Waals surface area contributed by atoms with Crippen LogP contribution in [0.1, 0.15) is 5.56 Å². The van der Waals surface area contributed by atoms with E-state index in [1.165, 1.54) is 12.1 Å². The van der Waals surface area contributed by atoms with E-state index in [0.717, 1.165) is 0 Å². The molecule has 1 aromatic carbocycles. The molecule has 0 heterocycles. The molecule has 0 saturated carbocycles. The van der Waals surface area contributed by atoms with E-state index >= 15 is 0 Å². The van der Waals surface area contributed by atoms with Gasteiger partial charge in [-0.15, -0.1) is 0 Å². The van der Waals surface area contributed by atoms with Gasteiger partial charge in [0.2, 0.25) is 0 Å². The molecule has 0 aliphatic heterocycles. The molecule has 0 unspecified atom stereocenters. The Kier molecular flexibility index (Phi) is 2.57. The van der Waals surface area contributed by atoms with Gasteiger partial charge in [0.1, 0.15) is 0 Å². The van der Waals surface area contributed by atoms with E-state index in [-0.39, 0.29) is 15.9 Å². The molecule has 0 fully saturated rings. The Balaban J connectivity index is 3.27. The molecular weight excluding hydrogens is 225 g/mol. The van der Waals surface area contributed by atoms with Crippen LogP contribution < -0.4 is 0 Å². The molecule has 0 radical (unpaired) electrons. The molecule has 0 atom stereocenters. The van der Waals surface area contributed by atoms with Gasteiger partial charge in [0.15, 0.2) is 0 Å². The van der Waals surface area contributed by atoms with E-state index < -0.39 is 4.92 Å². The summed E-state index contributed by atoms with van der Waals surface area (Å²) in [6, 6.07) is 5.98. The topological polar surface area (TPSA) is 63.4 Å². The maximum atomic E-state index is 10.4. The quantitative estimate of drug-likeness (QED) is 0.460. The second kappa shape index (κ2) is 3.47. The number of nitro groups is 1. The summed E-state index contributed by atoms with van der Waals surface area (Å²) in [7, 11) is 0. The molecule has 1 aromatic rings. The average molecular weight is 230 g/mol. The van der Waals surface area contributed by atoms with Gasteiger partial charge in [-0.3, -0.25) is 0 Å². The van der Waals surface area contributed by atoms with Gasteiger partial charge in [-0.1, -0.05) is 0 Å². The zero-order valence-electron chi connectivity index (χ0n) is 5.93. The molecule has 62 valence electrons. The van der Waals surface area contributed by atoms with Gasteiger partial charge in [0.05, 0.1) is 0 Å². The minimum absolute atomic E-state index is 0.103. The molecule has 0 aromatic heterocycles. The van der Waals surface area contributed by atoms with Crippen molar-refractivity contribution in [2.45, 2.75) is 0 Å². The minimum atomic E-state index is -0.539. The summed E-state index contributed by atoms with van der Waals surface area (Å²) in [5, 5.41) is 19.4. The van der Waals surface area contributed by atoms with Gasteiger partial charge >= 0.3 is 75.8 Å². The summed E-state index contributed by atoms with van der Waals surface area (Å²) < 4.78 is -0.165. The van der Waals surface area contributed by atoms with Crippen LogP contribution in [0.2, 0.25) is 0 Å². The van der Waals surface area contributed by atoms with E-state index in [1.807, 2.05) is 0 Å². The molecule has 0 aliphatic rings. The van der Waals surface area contributed by atoms with Crippen molar-refractivity contribution in [2.75, 3.05) is 0 Å². The third-order valence-electron chi connectivity index (χ3n) is 1.33. The van der Waals surface area contributed by atoms with E-state index in [2.05, 4.69) is 15.6 Å². The summed E-state index contributed by atoms with van der Waals surface area (Å²) in [6.07, 6.45) is 0. The number of benzene rings is 1. The van der Waals surface area contributed by atoms with E-state index in [4.69, 9.17) is 5.11 Å². The maximum absolute atomic E-state index is 10.4. The van der Waals surface area contributed by atoms with Crippen LogP contribution in [-0.4, -0.2) is 30.2 Å². The molecule has 0 saturated heterocycles. The Bertz CT molecular complexity index is 304. The first-order valence-corrected chi connectivity index (χ1v) is 3.95. The van der Waals surface area contributed by atoms with Crippen LogP contribution in [0.5, 0.6) is 0 Å². The van der Waals surface area contributed by atoms with Crippen molar-refractivity contribution in [3.63, 3.8) is 0 Å². The summed E-state index contributed by atoms with van der Waals surface area (Å²) >= 11 is 2.32. The summed E-state index contributed by atoms with van der Waals surface area (Å²) in [6.45, 7) is 0. The van der Waals surface area contributed by atoms with Crippen LogP contribution in [-0.2, 0) is 0 Å². The first-order valence-electron chi connectivity index (χ1n) is 3.09. The van der Waals surface area contributed by atoms with Crippen molar-refractivity contribution >= 4 is 25.9 Å². The number of hydrogen-bond donors (Lipinski definition) is 1. The second-order valence-electron chi connectivity index (χ2n) is 2.08. The molecule has 0 aliphatic carbocycles. The third kappa shape index (κ3) is 1.69. The van der Waals surface area contributed by atoms with Crippen LogP contribution in [0, 0.1) is 10.1 Å². The summed E-state index contributed by atoms with van der Waals surface area (Å²) in [4.78, 5) is 9.85. The molecule has 1 rings (SSSR count). The molecular formula is C7H5NO3Se. The second-order valence-corrected chi connectivity index (χ2v) is 2.89. The molecule has 5 heteroatoms. The fourth-order valence-electron chi connectivity index (χ4n) is 0.814. The van der Waals surface area contributed by atoms with Crippen LogP contribution in [0.15, 0.2) is 24.3 Å². The van der Waals surface area contributed by atoms with E-state index in [0.29, 0.717) is 0 Å². The zero-order valence-corrected chi connectivity index (χ0v) is 7.64. The first-order chi connectivity index (χ1) is 5.63. The summed E-state index contributed by atoms with van der Waals surface area (Å²) in [5.41, 5.74) is 0.108. The van der Waals surface area contributed by atoms with Gasteiger partial charge in [-0.05, 0) is 0 Å². The van der Waals surface area contributed by atoms with Crippen molar-refractivity contribution in [1.29, 1.82) is 0 Å². The Morgan fingerprint density at radius 3 is 2.50 bits per heavy atom. The Hall–Kier alpha value is -1.19. The zero-order chi connectivity index (χ0) is 9.14. The Morgan fingerprint density at radius 1 is 1.50 bits per heavy atom. The van der Waals surface area contributed by atoms with Crippen LogP contribution in [0.25, 0.3) is 0 Å². The van der Waals surface area contributed by atoms with Crippen molar-refractivity contribution in [2.24, 2.45) is 0 Å². The number of nitrogens with zero attached hydrogens (tertiary/aromatic N) is 1. The van der Waals surface area contributed by atoms with Crippen molar-refractivity contribution in [3.8, 4) is 0 Å². The van der Waals surface area contributed by atoms with E-state index in [9.17, 15) is 10.1 Å². The number of aliphatic hydroxyl groups is 1. The van der Waals surface area contributed by atoms with Crippen molar-refractivity contribution < 1.29 is 10.0 Å². The molecule has 4 nitrogen and oxygen atoms in total. The average Bonchev–Trinajstić information content (AvgIpc) is 2.04. The SMILES string of the molecule is O=[N+]([O-])c1ccccc1C(O)=[Se]. The molecule has 0 amide bonds. The number of hydrogen-bond acceptors (Lipinski definition) is 3. The number of para-hydroxylation sites is 1. The fraction of sp³-hybridized carbons (Fsp3) is 0. The fourth-order valence-corrected chi connectivity index (χ4v) is 1.18. The number of aliphatic hydroxyl groups excluding tert-OH is 1. The van der Waals surface area contributed by atoms with Crippen molar-refractivity contribution in [3.05, 3.63) is 39.9 Å². The van der Waals surface area contributed by atoms with Gasteiger partial charge in [-0.2, -0.15) is 0 Å². The monoisotopic (exact) mass is 231 g/mol.